The van der Waals surface area contributed by atoms with Crippen LogP contribution >= 0.6 is 0 Å². The number of benzene rings is 1. The first kappa shape index (κ1) is 13.1. The quantitative estimate of drug-likeness (QED) is 0.890. The standard InChI is InChI=1S/C15H19NO2/c1-15(17,10-12-5-7-18-8-6-12)14-4-2-3-13(9-14)11-16/h2-4,9,12,17H,5-8,10H2,1H3. The molecule has 1 aliphatic rings. The van der Waals surface area contributed by atoms with E-state index in [1.165, 1.54) is 0 Å². The maximum atomic E-state index is 10.6. The van der Waals surface area contributed by atoms with E-state index in [-0.39, 0.29) is 0 Å². The molecule has 96 valence electrons. The van der Waals surface area contributed by atoms with Crippen molar-refractivity contribution < 1.29 is 9.84 Å². The molecule has 0 radical (unpaired) electrons. The lowest BCUT2D eigenvalue weighted by molar-refractivity contribution is -0.00305. The summed E-state index contributed by atoms with van der Waals surface area (Å²) in [7, 11) is 0. The molecule has 1 aliphatic heterocycles. The van der Waals surface area contributed by atoms with Crippen LogP contribution < -0.4 is 0 Å². The summed E-state index contributed by atoms with van der Waals surface area (Å²) in [5.41, 5.74) is 0.558. The Morgan fingerprint density at radius 2 is 2.17 bits per heavy atom. The van der Waals surface area contributed by atoms with Crippen LogP contribution in [0, 0.1) is 17.2 Å². The first-order chi connectivity index (χ1) is 8.62. The Hall–Kier alpha value is -1.37. The fraction of sp³-hybridized carbons (Fsp3) is 0.533. The largest absolute Gasteiger partial charge is 0.385 e. The summed E-state index contributed by atoms with van der Waals surface area (Å²) in [6.07, 6.45) is 2.74. The van der Waals surface area contributed by atoms with E-state index in [1.54, 1.807) is 12.1 Å². The molecule has 18 heavy (non-hydrogen) atoms. The van der Waals surface area contributed by atoms with Crippen LogP contribution in [0.3, 0.4) is 0 Å². The minimum Gasteiger partial charge on any atom is -0.385 e. The third kappa shape index (κ3) is 3.10. The highest BCUT2D eigenvalue weighted by atomic mass is 16.5. The third-order valence-electron chi connectivity index (χ3n) is 3.64. The van der Waals surface area contributed by atoms with Crippen LogP contribution in [0.2, 0.25) is 0 Å². The number of hydrogen-bond donors (Lipinski definition) is 1. The van der Waals surface area contributed by atoms with Crippen molar-refractivity contribution in [1.82, 2.24) is 0 Å². The van der Waals surface area contributed by atoms with Gasteiger partial charge in [0, 0.05) is 13.2 Å². The van der Waals surface area contributed by atoms with Gasteiger partial charge >= 0.3 is 0 Å². The normalized spacial score (nSPS) is 20.1. The molecular formula is C15H19NO2. The highest BCUT2D eigenvalue weighted by Crippen LogP contribution is 2.32. The Morgan fingerprint density at radius 3 is 2.83 bits per heavy atom. The zero-order chi connectivity index (χ0) is 13.0. The van der Waals surface area contributed by atoms with Crippen molar-refractivity contribution in [1.29, 1.82) is 5.26 Å². The van der Waals surface area contributed by atoms with E-state index in [9.17, 15) is 5.11 Å². The highest BCUT2D eigenvalue weighted by Gasteiger charge is 2.28. The number of ether oxygens (including phenoxy) is 1. The zero-order valence-corrected chi connectivity index (χ0v) is 10.7. The maximum absolute atomic E-state index is 10.6. The van der Waals surface area contributed by atoms with Crippen LogP contribution in [0.25, 0.3) is 0 Å². The van der Waals surface area contributed by atoms with Gasteiger partial charge in [-0.2, -0.15) is 5.26 Å². The molecule has 1 unspecified atom stereocenters. The van der Waals surface area contributed by atoms with E-state index in [1.807, 2.05) is 19.1 Å². The van der Waals surface area contributed by atoms with E-state index in [0.717, 1.165) is 38.0 Å². The topological polar surface area (TPSA) is 53.2 Å². The second kappa shape index (κ2) is 5.51. The predicted molar refractivity (Wildman–Crippen MR) is 68.9 cm³/mol. The summed E-state index contributed by atoms with van der Waals surface area (Å²) < 4.78 is 5.33. The minimum absolute atomic E-state index is 0.500. The van der Waals surface area contributed by atoms with E-state index in [0.29, 0.717) is 11.5 Å². The molecule has 1 saturated heterocycles. The molecule has 0 spiro atoms. The van der Waals surface area contributed by atoms with Gasteiger partial charge in [0.25, 0.3) is 0 Å². The van der Waals surface area contributed by atoms with Crippen molar-refractivity contribution >= 4 is 0 Å². The first-order valence-corrected chi connectivity index (χ1v) is 6.42. The second-order valence-electron chi connectivity index (χ2n) is 5.23. The molecule has 3 heteroatoms. The van der Waals surface area contributed by atoms with Crippen molar-refractivity contribution in [3.63, 3.8) is 0 Å². The fourth-order valence-electron chi connectivity index (χ4n) is 2.55. The number of nitrogens with zero attached hydrogens (tertiary/aromatic N) is 1. The predicted octanol–water partition coefficient (Wildman–Crippen LogP) is 2.58. The van der Waals surface area contributed by atoms with Gasteiger partial charge in [-0.05, 0) is 49.8 Å². The summed E-state index contributed by atoms with van der Waals surface area (Å²) in [4.78, 5) is 0. The Bertz CT molecular complexity index is 442. The Labute approximate surface area is 108 Å². The lowest BCUT2D eigenvalue weighted by atomic mass is 9.82. The van der Waals surface area contributed by atoms with E-state index >= 15 is 0 Å². The van der Waals surface area contributed by atoms with Crippen LogP contribution in [-0.4, -0.2) is 18.3 Å². The third-order valence-corrected chi connectivity index (χ3v) is 3.64. The molecule has 0 amide bonds. The van der Waals surface area contributed by atoms with Gasteiger partial charge in [0.2, 0.25) is 0 Å². The number of nitriles is 1. The van der Waals surface area contributed by atoms with Gasteiger partial charge in [0.15, 0.2) is 0 Å². The van der Waals surface area contributed by atoms with Gasteiger partial charge in [-0.25, -0.2) is 0 Å². The van der Waals surface area contributed by atoms with Crippen molar-refractivity contribution in [3.8, 4) is 6.07 Å². The summed E-state index contributed by atoms with van der Waals surface area (Å²) in [6.45, 7) is 3.41. The summed E-state index contributed by atoms with van der Waals surface area (Å²) in [5.74, 6) is 0.500. The van der Waals surface area contributed by atoms with Crippen LogP contribution in [0.4, 0.5) is 0 Å². The van der Waals surface area contributed by atoms with E-state index in [2.05, 4.69) is 6.07 Å². The van der Waals surface area contributed by atoms with Crippen LogP contribution in [0.15, 0.2) is 24.3 Å². The molecule has 0 aromatic heterocycles. The van der Waals surface area contributed by atoms with Gasteiger partial charge in [-0.3, -0.25) is 0 Å². The molecule has 0 bridgehead atoms. The first-order valence-electron chi connectivity index (χ1n) is 6.42. The summed E-state index contributed by atoms with van der Waals surface area (Å²) in [5, 5.41) is 19.5. The Balaban J connectivity index is 2.11. The van der Waals surface area contributed by atoms with Crippen LogP contribution in [0.5, 0.6) is 0 Å². The second-order valence-corrected chi connectivity index (χ2v) is 5.23. The number of rotatable bonds is 3. The molecule has 0 saturated carbocycles. The molecule has 3 nitrogen and oxygen atoms in total. The minimum atomic E-state index is -0.866. The van der Waals surface area contributed by atoms with E-state index < -0.39 is 5.60 Å². The van der Waals surface area contributed by atoms with Gasteiger partial charge in [0.1, 0.15) is 0 Å². The lowest BCUT2D eigenvalue weighted by Crippen LogP contribution is -2.28. The van der Waals surface area contributed by atoms with Crippen LogP contribution in [-0.2, 0) is 10.3 Å². The molecule has 1 aromatic rings. The highest BCUT2D eigenvalue weighted by molar-refractivity contribution is 5.35. The molecule has 0 aliphatic carbocycles. The maximum Gasteiger partial charge on any atom is 0.0991 e. The summed E-state index contributed by atoms with van der Waals surface area (Å²) >= 11 is 0. The molecule has 1 heterocycles. The SMILES string of the molecule is CC(O)(CC1CCOCC1)c1cccc(C#N)c1. The lowest BCUT2D eigenvalue weighted by Gasteiger charge is -2.31. The monoisotopic (exact) mass is 245 g/mol. The van der Waals surface area contributed by atoms with Crippen molar-refractivity contribution in [2.75, 3.05) is 13.2 Å². The van der Waals surface area contributed by atoms with Crippen LogP contribution in [0.1, 0.15) is 37.3 Å². The molecule has 2 rings (SSSR count). The zero-order valence-electron chi connectivity index (χ0n) is 10.7. The molecular weight excluding hydrogens is 226 g/mol. The average Bonchev–Trinajstić information content (AvgIpc) is 2.39. The van der Waals surface area contributed by atoms with Crippen molar-refractivity contribution in [2.24, 2.45) is 5.92 Å². The number of aliphatic hydroxyl groups is 1. The molecule has 1 aromatic carbocycles. The molecule has 1 fully saturated rings. The fourth-order valence-corrected chi connectivity index (χ4v) is 2.55. The Morgan fingerprint density at radius 1 is 1.44 bits per heavy atom. The van der Waals surface area contributed by atoms with Crippen molar-refractivity contribution in [2.45, 2.75) is 31.8 Å². The molecule has 1 N–H and O–H groups in total. The van der Waals surface area contributed by atoms with Gasteiger partial charge in [0.05, 0.1) is 17.2 Å². The van der Waals surface area contributed by atoms with Crippen molar-refractivity contribution in [3.05, 3.63) is 35.4 Å². The molecule has 1 atom stereocenters. The van der Waals surface area contributed by atoms with Gasteiger partial charge < -0.3 is 9.84 Å². The smallest absolute Gasteiger partial charge is 0.0991 e. The Kier molecular flexibility index (Phi) is 4.00. The average molecular weight is 245 g/mol. The van der Waals surface area contributed by atoms with E-state index in [4.69, 9.17) is 10.00 Å². The van der Waals surface area contributed by atoms with Gasteiger partial charge in [-0.15, -0.1) is 0 Å². The number of hydrogen-bond acceptors (Lipinski definition) is 3. The summed E-state index contributed by atoms with van der Waals surface area (Å²) in [6, 6.07) is 9.36. The van der Waals surface area contributed by atoms with Gasteiger partial charge in [-0.1, -0.05) is 12.1 Å².